The largest absolute Gasteiger partial charge is 0.493 e. The number of thiophene rings is 1. The quantitative estimate of drug-likeness (QED) is 0.201. The summed E-state index contributed by atoms with van der Waals surface area (Å²) in [5.41, 5.74) is 4.31. The van der Waals surface area contributed by atoms with E-state index in [2.05, 4.69) is 51.2 Å². The lowest BCUT2D eigenvalue weighted by Crippen LogP contribution is -2.29. The molecule has 0 aliphatic carbocycles. The summed E-state index contributed by atoms with van der Waals surface area (Å²) in [5.74, 6) is 0.664. The van der Waals surface area contributed by atoms with Gasteiger partial charge in [0.25, 0.3) is 0 Å². The zero-order valence-corrected chi connectivity index (χ0v) is 23.2. The highest BCUT2D eigenvalue weighted by molar-refractivity contribution is 9.10. The molecule has 38 heavy (non-hydrogen) atoms. The molecule has 4 aromatic rings. The number of hydrogen-bond donors (Lipinski definition) is 0. The van der Waals surface area contributed by atoms with Gasteiger partial charge in [-0.15, -0.1) is 11.3 Å². The third kappa shape index (κ3) is 5.81. The molecule has 192 valence electrons. The van der Waals surface area contributed by atoms with Crippen LogP contribution in [0.15, 0.2) is 76.2 Å². The van der Waals surface area contributed by atoms with Crippen LogP contribution in [0.25, 0.3) is 0 Å². The van der Waals surface area contributed by atoms with Gasteiger partial charge in [-0.25, -0.2) is 9.38 Å². The van der Waals surface area contributed by atoms with Crippen LogP contribution >= 0.6 is 27.3 Å². The van der Waals surface area contributed by atoms with E-state index in [1.165, 1.54) is 16.5 Å². The van der Waals surface area contributed by atoms with Crippen molar-refractivity contribution in [3.63, 3.8) is 0 Å². The number of ether oxygens (including phenoxy) is 2. The predicted molar refractivity (Wildman–Crippen MR) is 152 cm³/mol. The van der Waals surface area contributed by atoms with Gasteiger partial charge in [0.2, 0.25) is 0 Å². The second kappa shape index (κ2) is 11.9. The molecule has 0 amide bonds. The molecule has 8 heteroatoms. The van der Waals surface area contributed by atoms with Gasteiger partial charge in [-0.2, -0.15) is 5.26 Å². The summed E-state index contributed by atoms with van der Waals surface area (Å²) in [5, 5.41) is 10.6. The van der Waals surface area contributed by atoms with E-state index in [-0.39, 0.29) is 12.4 Å². The summed E-state index contributed by atoms with van der Waals surface area (Å²) in [4.78, 5) is 8.31. The summed E-state index contributed by atoms with van der Waals surface area (Å²) >= 11 is 5.13. The highest BCUT2D eigenvalue weighted by atomic mass is 79.9. The number of nitriles is 1. The molecule has 2 heterocycles. The summed E-state index contributed by atoms with van der Waals surface area (Å²) in [6.45, 7) is 2.68. The molecule has 0 atom stereocenters. The molecule has 1 aliphatic rings. The Labute approximate surface area is 233 Å². The Balaban J connectivity index is 1.33. The molecule has 0 unspecified atom stereocenters. The van der Waals surface area contributed by atoms with Crippen LogP contribution in [0.1, 0.15) is 32.7 Å². The van der Waals surface area contributed by atoms with Crippen LogP contribution in [0.2, 0.25) is 0 Å². The molecule has 0 spiro atoms. The first-order chi connectivity index (χ1) is 18.6. The molecule has 0 radical (unpaired) electrons. The van der Waals surface area contributed by atoms with Gasteiger partial charge in [0.1, 0.15) is 23.5 Å². The van der Waals surface area contributed by atoms with Crippen LogP contribution in [-0.4, -0.2) is 24.8 Å². The van der Waals surface area contributed by atoms with Gasteiger partial charge < -0.3 is 9.47 Å². The number of nitrogens with zero attached hydrogens (tertiary/aromatic N) is 3. The standard InChI is InChI=1S/C30H25BrFN3O2S/c1-36-27-14-21(13-25(31)29(27)37-19-22-9-5-6-10-26(22)32)16-34-30-24(15-33)23-11-12-35(18-28(23)38-30)17-20-7-3-2-4-8-20/h2-10,13-14,16H,11-12,17-19H2,1H3. The Morgan fingerprint density at radius 1 is 1.16 bits per heavy atom. The third-order valence-corrected chi connectivity index (χ3v) is 8.10. The van der Waals surface area contributed by atoms with Crippen LogP contribution in [0.5, 0.6) is 11.5 Å². The van der Waals surface area contributed by atoms with Crippen molar-refractivity contribution in [3.05, 3.63) is 110 Å². The minimum Gasteiger partial charge on any atom is -0.493 e. The van der Waals surface area contributed by atoms with Gasteiger partial charge in [-0.05, 0) is 57.2 Å². The highest BCUT2D eigenvalue weighted by Crippen LogP contribution is 2.40. The molecule has 0 fully saturated rings. The number of benzene rings is 3. The van der Waals surface area contributed by atoms with Crippen molar-refractivity contribution in [3.8, 4) is 17.6 Å². The average molecular weight is 591 g/mol. The van der Waals surface area contributed by atoms with Crippen LogP contribution in [0.3, 0.4) is 0 Å². The molecule has 0 saturated carbocycles. The van der Waals surface area contributed by atoms with Gasteiger partial charge in [-0.3, -0.25) is 4.90 Å². The zero-order chi connectivity index (χ0) is 26.5. The molecule has 0 N–H and O–H groups in total. The fourth-order valence-electron chi connectivity index (χ4n) is 4.48. The maximum absolute atomic E-state index is 14.0. The minimum atomic E-state index is -0.318. The number of methoxy groups -OCH3 is 1. The monoisotopic (exact) mass is 589 g/mol. The summed E-state index contributed by atoms with van der Waals surface area (Å²) in [6.07, 6.45) is 2.57. The van der Waals surface area contributed by atoms with E-state index >= 15 is 0 Å². The number of aliphatic imine (C=N–C) groups is 1. The molecular formula is C30H25BrFN3O2S. The molecule has 1 aromatic heterocycles. The van der Waals surface area contributed by atoms with Crippen molar-refractivity contribution in [2.24, 2.45) is 4.99 Å². The lowest BCUT2D eigenvalue weighted by Gasteiger charge is -2.26. The van der Waals surface area contributed by atoms with Gasteiger partial charge in [0.05, 0.1) is 17.1 Å². The molecule has 1 aliphatic heterocycles. The van der Waals surface area contributed by atoms with Crippen molar-refractivity contribution in [2.45, 2.75) is 26.1 Å². The Morgan fingerprint density at radius 3 is 2.71 bits per heavy atom. The molecule has 5 rings (SSSR count). The molecule has 0 bridgehead atoms. The molecule has 5 nitrogen and oxygen atoms in total. The van der Waals surface area contributed by atoms with Crippen molar-refractivity contribution in [2.75, 3.05) is 13.7 Å². The Morgan fingerprint density at radius 2 is 1.95 bits per heavy atom. The van der Waals surface area contributed by atoms with Crippen molar-refractivity contribution in [1.29, 1.82) is 5.26 Å². The first-order valence-electron chi connectivity index (χ1n) is 12.1. The maximum atomic E-state index is 14.0. The molecule has 0 saturated heterocycles. The Bertz CT molecular complexity index is 1510. The highest BCUT2D eigenvalue weighted by Gasteiger charge is 2.24. The fraction of sp³-hybridized carbons (Fsp3) is 0.200. The van der Waals surface area contributed by atoms with E-state index in [9.17, 15) is 9.65 Å². The van der Waals surface area contributed by atoms with E-state index in [1.807, 2.05) is 18.2 Å². The number of rotatable bonds is 8. The van der Waals surface area contributed by atoms with E-state index in [0.717, 1.165) is 37.2 Å². The second-order valence-corrected chi connectivity index (χ2v) is 10.9. The number of hydrogen-bond acceptors (Lipinski definition) is 6. The van der Waals surface area contributed by atoms with Crippen LogP contribution < -0.4 is 9.47 Å². The average Bonchev–Trinajstić information content (AvgIpc) is 3.29. The second-order valence-electron chi connectivity index (χ2n) is 8.91. The molecular weight excluding hydrogens is 565 g/mol. The van der Waals surface area contributed by atoms with Gasteiger partial charge in [-0.1, -0.05) is 48.5 Å². The lowest BCUT2D eigenvalue weighted by molar-refractivity contribution is 0.249. The Kier molecular flexibility index (Phi) is 8.18. The van der Waals surface area contributed by atoms with Crippen molar-refractivity contribution < 1.29 is 13.9 Å². The maximum Gasteiger partial charge on any atom is 0.175 e. The van der Waals surface area contributed by atoms with E-state index in [4.69, 9.17) is 14.5 Å². The van der Waals surface area contributed by atoms with E-state index in [0.29, 0.717) is 32.1 Å². The minimum absolute atomic E-state index is 0.0721. The third-order valence-electron chi connectivity index (χ3n) is 6.39. The SMILES string of the molecule is COc1cc(C=Nc2sc3c(c2C#N)CCN(Cc2ccccc2)C3)cc(Br)c1OCc1ccccc1F. The first kappa shape index (κ1) is 26.1. The van der Waals surface area contributed by atoms with Gasteiger partial charge >= 0.3 is 0 Å². The van der Waals surface area contributed by atoms with Gasteiger partial charge in [0.15, 0.2) is 11.5 Å². The Hall–Kier alpha value is -3.51. The number of halogens is 2. The van der Waals surface area contributed by atoms with Crippen LogP contribution in [0, 0.1) is 17.1 Å². The smallest absolute Gasteiger partial charge is 0.175 e. The van der Waals surface area contributed by atoms with E-state index in [1.54, 1.807) is 42.9 Å². The van der Waals surface area contributed by atoms with Crippen molar-refractivity contribution >= 4 is 38.5 Å². The first-order valence-corrected chi connectivity index (χ1v) is 13.8. The van der Waals surface area contributed by atoms with Crippen molar-refractivity contribution in [1.82, 2.24) is 4.90 Å². The van der Waals surface area contributed by atoms with E-state index < -0.39 is 0 Å². The lowest BCUT2D eigenvalue weighted by atomic mass is 10.0. The predicted octanol–water partition coefficient (Wildman–Crippen LogP) is 7.42. The fourth-order valence-corrected chi connectivity index (χ4v) is 6.24. The van der Waals surface area contributed by atoms with Crippen LogP contribution in [-0.2, 0) is 26.1 Å². The summed E-state index contributed by atoms with van der Waals surface area (Å²) < 4.78 is 26.1. The topological polar surface area (TPSA) is 57.8 Å². The zero-order valence-electron chi connectivity index (χ0n) is 20.8. The molecule has 3 aromatic carbocycles. The summed E-state index contributed by atoms with van der Waals surface area (Å²) in [6, 6.07) is 23.0. The number of fused-ring (bicyclic) bond motifs is 1. The van der Waals surface area contributed by atoms with Gasteiger partial charge in [0, 0.05) is 36.3 Å². The normalized spacial score (nSPS) is 13.3. The van der Waals surface area contributed by atoms with Crippen LogP contribution in [0.4, 0.5) is 9.39 Å². The summed E-state index contributed by atoms with van der Waals surface area (Å²) in [7, 11) is 1.56.